The van der Waals surface area contributed by atoms with E-state index in [0.29, 0.717) is 12.5 Å². The summed E-state index contributed by atoms with van der Waals surface area (Å²) in [5, 5.41) is 6.63. The fourth-order valence-electron chi connectivity index (χ4n) is 3.03. The van der Waals surface area contributed by atoms with Crippen molar-refractivity contribution in [3.63, 3.8) is 0 Å². The van der Waals surface area contributed by atoms with Gasteiger partial charge in [-0.15, -0.1) is 24.0 Å². The number of hydrogen-bond donors (Lipinski definition) is 2. The van der Waals surface area contributed by atoms with Gasteiger partial charge in [0.2, 0.25) is 0 Å². The van der Waals surface area contributed by atoms with Crippen LogP contribution in [0.5, 0.6) is 0 Å². The van der Waals surface area contributed by atoms with Gasteiger partial charge in [-0.3, -0.25) is 4.99 Å². The second-order valence-electron chi connectivity index (χ2n) is 7.74. The first-order valence-electron chi connectivity index (χ1n) is 10.1. The van der Waals surface area contributed by atoms with Gasteiger partial charge in [0.15, 0.2) is 15.8 Å². The lowest BCUT2D eigenvalue weighted by Crippen LogP contribution is -2.37. The van der Waals surface area contributed by atoms with E-state index in [1.54, 1.807) is 7.05 Å². The van der Waals surface area contributed by atoms with E-state index in [-0.39, 0.29) is 29.7 Å². The van der Waals surface area contributed by atoms with E-state index >= 15 is 0 Å². The van der Waals surface area contributed by atoms with Crippen molar-refractivity contribution >= 4 is 39.8 Å². The number of hydrogen-bond acceptors (Lipinski definition) is 3. The molecule has 0 heterocycles. The lowest BCUT2D eigenvalue weighted by Gasteiger charge is -2.12. The highest BCUT2D eigenvalue weighted by molar-refractivity contribution is 14.0. The lowest BCUT2D eigenvalue weighted by molar-refractivity contribution is 0.601. The molecule has 0 radical (unpaired) electrons. The number of benzene rings is 2. The minimum atomic E-state index is -3.00. The van der Waals surface area contributed by atoms with Crippen LogP contribution in [0, 0.1) is 0 Å². The van der Waals surface area contributed by atoms with Gasteiger partial charge in [0.1, 0.15) is 0 Å². The van der Waals surface area contributed by atoms with E-state index in [1.807, 2.05) is 24.3 Å². The van der Waals surface area contributed by atoms with Gasteiger partial charge in [0, 0.05) is 26.4 Å². The van der Waals surface area contributed by atoms with E-state index < -0.39 is 9.84 Å². The van der Waals surface area contributed by atoms with Gasteiger partial charge in [0.25, 0.3) is 0 Å². The first kappa shape index (κ1) is 26.4. The van der Waals surface area contributed by atoms with Crippen molar-refractivity contribution in [1.82, 2.24) is 10.6 Å². The summed E-state index contributed by atoms with van der Waals surface area (Å²) in [7, 11) is -1.24. The Kier molecular flexibility index (Phi) is 11.4. The molecule has 0 amide bonds. The molecule has 0 aromatic heterocycles. The molecule has 0 fully saturated rings. The first-order valence-corrected chi connectivity index (χ1v) is 12.1. The molecule has 5 nitrogen and oxygen atoms in total. The number of aliphatic imine (C=N–C) groups is 1. The Morgan fingerprint density at radius 3 is 2.03 bits per heavy atom. The Morgan fingerprint density at radius 1 is 0.933 bits per heavy atom. The van der Waals surface area contributed by atoms with Crippen LogP contribution in [-0.2, 0) is 28.6 Å². The number of nitrogens with zero attached hydrogens (tertiary/aromatic N) is 1. The average Bonchev–Trinajstić information content (AvgIpc) is 2.68. The summed E-state index contributed by atoms with van der Waals surface area (Å²) in [4.78, 5) is 4.26. The van der Waals surface area contributed by atoms with Crippen LogP contribution < -0.4 is 10.6 Å². The summed E-state index contributed by atoms with van der Waals surface area (Å²) in [6.07, 6.45) is 3.31. The molecule has 2 aromatic carbocycles. The van der Waals surface area contributed by atoms with Crippen molar-refractivity contribution < 1.29 is 8.42 Å². The molecule has 30 heavy (non-hydrogen) atoms. The Morgan fingerprint density at radius 2 is 1.50 bits per heavy atom. The topological polar surface area (TPSA) is 70.6 Å². The Hall–Kier alpha value is -1.61. The normalized spacial score (nSPS) is 11.8. The maximum atomic E-state index is 11.4. The molecule has 0 bridgehead atoms. The van der Waals surface area contributed by atoms with Crippen molar-refractivity contribution in [2.75, 3.05) is 19.8 Å². The molecule has 166 valence electrons. The molecular weight excluding hydrogens is 509 g/mol. The molecule has 2 aromatic rings. The van der Waals surface area contributed by atoms with Gasteiger partial charge >= 0.3 is 0 Å². The van der Waals surface area contributed by atoms with Gasteiger partial charge < -0.3 is 10.6 Å². The van der Waals surface area contributed by atoms with Crippen LogP contribution in [0.1, 0.15) is 48.4 Å². The van der Waals surface area contributed by atoms with Crippen LogP contribution in [-0.4, -0.2) is 34.2 Å². The number of guanidine groups is 1. The van der Waals surface area contributed by atoms with Crippen LogP contribution in [0.2, 0.25) is 0 Å². The maximum absolute atomic E-state index is 11.4. The summed E-state index contributed by atoms with van der Waals surface area (Å²) in [6.45, 7) is 5.90. The van der Waals surface area contributed by atoms with Crippen molar-refractivity contribution in [2.45, 2.75) is 44.9 Å². The Balaban J connectivity index is 0.00000450. The minimum Gasteiger partial charge on any atom is -0.356 e. The molecule has 2 rings (SSSR count). The fraction of sp³-hybridized carbons (Fsp3) is 0.435. The molecule has 7 heteroatoms. The van der Waals surface area contributed by atoms with Crippen LogP contribution in [0.3, 0.4) is 0 Å². The van der Waals surface area contributed by atoms with E-state index in [0.717, 1.165) is 36.5 Å². The van der Waals surface area contributed by atoms with Gasteiger partial charge in [-0.25, -0.2) is 8.42 Å². The van der Waals surface area contributed by atoms with Gasteiger partial charge in [-0.05, 0) is 41.0 Å². The molecule has 0 saturated carbocycles. The summed E-state index contributed by atoms with van der Waals surface area (Å²) < 4.78 is 22.7. The SMILES string of the molecule is CN=C(NCCCc1ccc(C(C)C)cc1)NCc1ccc(CS(C)(=O)=O)cc1.I. The molecule has 2 N–H and O–H groups in total. The molecule has 0 aliphatic heterocycles. The number of aryl methyl sites for hydroxylation is 1. The Bertz CT molecular complexity index is 893. The molecule has 0 aliphatic carbocycles. The molecule has 0 saturated heterocycles. The van der Waals surface area contributed by atoms with E-state index in [4.69, 9.17) is 0 Å². The highest BCUT2D eigenvalue weighted by Crippen LogP contribution is 2.15. The molecule has 0 unspecified atom stereocenters. The van der Waals surface area contributed by atoms with E-state index in [1.165, 1.54) is 17.4 Å². The van der Waals surface area contributed by atoms with Crippen LogP contribution in [0.15, 0.2) is 53.5 Å². The molecule has 0 atom stereocenters. The van der Waals surface area contributed by atoms with Crippen LogP contribution >= 0.6 is 24.0 Å². The summed E-state index contributed by atoms with van der Waals surface area (Å²) in [5.74, 6) is 1.40. The zero-order valence-electron chi connectivity index (χ0n) is 18.3. The highest BCUT2D eigenvalue weighted by Gasteiger charge is 2.05. The molecule has 0 spiro atoms. The lowest BCUT2D eigenvalue weighted by atomic mass is 10.0. The molecular formula is C23H34IN3O2S. The third kappa shape index (κ3) is 9.93. The van der Waals surface area contributed by atoms with Crippen LogP contribution in [0.25, 0.3) is 0 Å². The number of nitrogens with one attached hydrogen (secondary N) is 2. The van der Waals surface area contributed by atoms with E-state index in [2.05, 4.69) is 53.7 Å². The van der Waals surface area contributed by atoms with E-state index in [9.17, 15) is 8.42 Å². The summed E-state index contributed by atoms with van der Waals surface area (Å²) in [5.41, 5.74) is 4.62. The Labute approximate surface area is 198 Å². The average molecular weight is 544 g/mol. The number of halogens is 1. The van der Waals surface area contributed by atoms with Crippen molar-refractivity contribution in [1.29, 1.82) is 0 Å². The predicted molar refractivity (Wildman–Crippen MR) is 137 cm³/mol. The standard InChI is InChI=1S/C23H33N3O2S.HI/c1-18(2)22-13-11-19(12-14-22)6-5-15-25-23(24-3)26-16-20-7-9-21(10-8-20)17-29(4,27)28;/h7-14,18H,5-6,15-17H2,1-4H3,(H2,24,25,26);1H. The van der Waals surface area contributed by atoms with Crippen molar-refractivity contribution in [3.05, 3.63) is 70.8 Å². The monoisotopic (exact) mass is 543 g/mol. The third-order valence-electron chi connectivity index (χ3n) is 4.72. The zero-order chi connectivity index (χ0) is 21.3. The van der Waals surface area contributed by atoms with Crippen molar-refractivity contribution in [3.8, 4) is 0 Å². The van der Waals surface area contributed by atoms with Crippen LogP contribution in [0.4, 0.5) is 0 Å². The van der Waals surface area contributed by atoms with Crippen molar-refractivity contribution in [2.24, 2.45) is 4.99 Å². The second kappa shape index (κ2) is 12.9. The number of sulfone groups is 1. The quantitative estimate of drug-likeness (QED) is 0.215. The van der Waals surface area contributed by atoms with Gasteiger partial charge in [-0.1, -0.05) is 62.4 Å². The van der Waals surface area contributed by atoms with Gasteiger partial charge in [-0.2, -0.15) is 0 Å². The fourth-order valence-corrected chi connectivity index (χ4v) is 3.83. The minimum absolute atomic E-state index is 0. The second-order valence-corrected chi connectivity index (χ2v) is 9.88. The van der Waals surface area contributed by atoms with Gasteiger partial charge in [0.05, 0.1) is 5.75 Å². The smallest absolute Gasteiger partial charge is 0.191 e. The highest BCUT2D eigenvalue weighted by atomic mass is 127. The zero-order valence-corrected chi connectivity index (χ0v) is 21.5. The summed E-state index contributed by atoms with van der Waals surface area (Å²) in [6, 6.07) is 16.5. The summed E-state index contributed by atoms with van der Waals surface area (Å²) >= 11 is 0. The first-order chi connectivity index (χ1) is 13.8. The predicted octanol–water partition coefficient (Wildman–Crippen LogP) is 4.27. The number of rotatable bonds is 9. The third-order valence-corrected chi connectivity index (χ3v) is 5.57. The largest absolute Gasteiger partial charge is 0.356 e. The molecule has 0 aliphatic rings. The maximum Gasteiger partial charge on any atom is 0.191 e.